The lowest BCUT2D eigenvalue weighted by molar-refractivity contribution is 0.112. The fourth-order valence-corrected chi connectivity index (χ4v) is 0.832. The predicted octanol–water partition coefficient (Wildman–Crippen LogP) is 0.301. The zero-order chi connectivity index (χ0) is 8.27. The van der Waals surface area contributed by atoms with E-state index in [4.69, 9.17) is 12.6 Å². The molecule has 54 valence electrons. The van der Waals surface area contributed by atoms with Crippen molar-refractivity contribution in [3.8, 4) is 5.75 Å². The third-order valence-corrected chi connectivity index (χ3v) is 1.32. The van der Waals surface area contributed by atoms with Crippen LogP contribution in [0.25, 0.3) is 0 Å². The summed E-state index contributed by atoms with van der Waals surface area (Å²) in [5.41, 5.74) is 1.06. The van der Waals surface area contributed by atoms with Crippen LogP contribution in [0, 0.1) is 0 Å². The molecule has 1 aromatic carbocycles. The van der Waals surface area contributed by atoms with Gasteiger partial charge in [0, 0.05) is 5.56 Å². The minimum absolute atomic E-state index is 0.529. The predicted molar refractivity (Wildman–Crippen MR) is 43.8 cm³/mol. The Morgan fingerprint density at radius 2 is 2.18 bits per heavy atom. The van der Waals surface area contributed by atoms with Crippen molar-refractivity contribution in [1.82, 2.24) is 0 Å². The molecule has 0 N–H and O–H groups in total. The van der Waals surface area contributed by atoms with Gasteiger partial charge in [-0.05, 0) is 12.1 Å². The molecule has 0 saturated carbocycles. The fraction of sp³-hybridized carbons (Fsp3) is 0.125. The average Bonchev–Trinajstić information content (AvgIpc) is 2.03. The van der Waals surface area contributed by atoms with Gasteiger partial charge in [0.25, 0.3) is 0 Å². The van der Waals surface area contributed by atoms with Crippen molar-refractivity contribution >= 4 is 19.6 Å². The summed E-state index contributed by atoms with van der Waals surface area (Å²) in [6.45, 7) is 0. The second-order valence-electron chi connectivity index (χ2n) is 2.16. The maximum absolute atomic E-state index is 10.3. The van der Waals surface area contributed by atoms with Gasteiger partial charge >= 0.3 is 0 Å². The summed E-state index contributed by atoms with van der Waals surface area (Å²) in [7, 11) is 7.00. The first-order valence-electron chi connectivity index (χ1n) is 3.16. The van der Waals surface area contributed by atoms with Gasteiger partial charge in [-0.2, -0.15) is 0 Å². The molecule has 1 aromatic rings. The Morgan fingerprint density at radius 1 is 1.45 bits per heavy atom. The van der Waals surface area contributed by atoms with Gasteiger partial charge in [-0.3, -0.25) is 4.79 Å². The molecular weight excluding hydrogens is 139 g/mol. The molecule has 2 radical (unpaired) electrons. The number of methoxy groups -OCH3 is 1. The van der Waals surface area contributed by atoms with Crippen LogP contribution in [0.15, 0.2) is 18.2 Å². The first-order chi connectivity index (χ1) is 5.26. The Bertz CT molecular complexity index is 271. The Hall–Kier alpha value is -1.25. The van der Waals surface area contributed by atoms with Crippen LogP contribution in [0.1, 0.15) is 10.4 Å². The van der Waals surface area contributed by atoms with Crippen molar-refractivity contribution in [1.29, 1.82) is 0 Å². The summed E-state index contributed by atoms with van der Waals surface area (Å²) in [5.74, 6) is 0.604. The van der Waals surface area contributed by atoms with Crippen molar-refractivity contribution < 1.29 is 9.53 Å². The zero-order valence-electron chi connectivity index (χ0n) is 6.20. The largest absolute Gasteiger partial charge is 0.497 e. The Kier molecular flexibility index (Phi) is 2.31. The topological polar surface area (TPSA) is 26.3 Å². The van der Waals surface area contributed by atoms with Crippen LogP contribution in [-0.4, -0.2) is 21.2 Å². The summed E-state index contributed by atoms with van der Waals surface area (Å²) in [5, 5.41) is 0. The van der Waals surface area contributed by atoms with E-state index in [1.54, 1.807) is 18.2 Å². The fourth-order valence-electron chi connectivity index (χ4n) is 0.832. The molecule has 1 rings (SSSR count). The third-order valence-electron chi connectivity index (χ3n) is 1.32. The summed E-state index contributed by atoms with van der Waals surface area (Å²) >= 11 is 0. The first kappa shape index (κ1) is 7.86. The number of carbonyl (C=O) groups is 1. The van der Waals surface area contributed by atoms with Crippen molar-refractivity contribution in [2.24, 2.45) is 0 Å². The van der Waals surface area contributed by atoms with Gasteiger partial charge in [0.2, 0.25) is 0 Å². The van der Waals surface area contributed by atoms with Gasteiger partial charge in [-0.25, -0.2) is 0 Å². The summed E-state index contributed by atoms with van der Waals surface area (Å²) in [4.78, 5) is 10.3. The van der Waals surface area contributed by atoms with Gasteiger partial charge < -0.3 is 4.74 Å². The Balaban J connectivity index is 3.11. The van der Waals surface area contributed by atoms with Gasteiger partial charge in [-0.15, -0.1) is 0 Å². The summed E-state index contributed by atoms with van der Waals surface area (Å²) < 4.78 is 4.90. The maximum Gasteiger partial charge on any atom is 0.150 e. The highest BCUT2D eigenvalue weighted by molar-refractivity contribution is 6.32. The van der Waals surface area contributed by atoms with Crippen molar-refractivity contribution in [3.63, 3.8) is 0 Å². The first-order valence-corrected chi connectivity index (χ1v) is 3.16. The molecule has 3 heteroatoms. The van der Waals surface area contributed by atoms with E-state index in [0.717, 1.165) is 6.29 Å². The lowest BCUT2D eigenvalue weighted by Crippen LogP contribution is -2.03. The molecule has 0 aromatic heterocycles. The number of hydrogen-bond acceptors (Lipinski definition) is 2. The van der Waals surface area contributed by atoms with Crippen molar-refractivity contribution in [2.45, 2.75) is 0 Å². The Labute approximate surface area is 66.6 Å². The van der Waals surface area contributed by atoms with E-state index in [1.807, 2.05) is 0 Å². The van der Waals surface area contributed by atoms with Crippen LogP contribution >= 0.6 is 0 Å². The molecule has 0 unspecified atom stereocenters. The molecule has 0 saturated heterocycles. The maximum atomic E-state index is 10.3. The molecule has 0 aliphatic carbocycles. The van der Waals surface area contributed by atoms with E-state index < -0.39 is 0 Å². The molecule has 0 atom stereocenters. The van der Waals surface area contributed by atoms with E-state index in [0.29, 0.717) is 16.8 Å². The molecule has 0 spiro atoms. The number of benzene rings is 1. The minimum Gasteiger partial charge on any atom is -0.497 e. The van der Waals surface area contributed by atoms with Crippen LogP contribution < -0.4 is 10.2 Å². The van der Waals surface area contributed by atoms with Crippen LogP contribution in [0.5, 0.6) is 5.75 Å². The van der Waals surface area contributed by atoms with Crippen molar-refractivity contribution in [2.75, 3.05) is 7.11 Å². The van der Waals surface area contributed by atoms with Crippen LogP contribution in [0.4, 0.5) is 0 Å². The molecular formula is C8H7BO2. The third kappa shape index (κ3) is 1.83. The smallest absolute Gasteiger partial charge is 0.150 e. The second kappa shape index (κ2) is 3.24. The number of rotatable bonds is 2. The number of carbonyl (C=O) groups excluding carboxylic acids is 1. The molecule has 0 bridgehead atoms. The average molecular weight is 146 g/mol. The normalized spacial score (nSPS) is 9.18. The van der Waals surface area contributed by atoms with Gasteiger partial charge in [-0.1, -0.05) is 11.5 Å². The number of hydrogen-bond donors (Lipinski definition) is 0. The molecule has 2 nitrogen and oxygen atoms in total. The lowest BCUT2D eigenvalue weighted by atomic mass is 9.94. The quantitative estimate of drug-likeness (QED) is 0.443. The van der Waals surface area contributed by atoms with Gasteiger partial charge in [0.15, 0.2) is 0 Å². The molecule has 11 heavy (non-hydrogen) atoms. The highest BCUT2D eigenvalue weighted by atomic mass is 16.5. The van der Waals surface area contributed by atoms with Gasteiger partial charge in [0.1, 0.15) is 19.9 Å². The van der Waals surface area contributed by atoms with Gasteiger partial charge in [0.05, 0.1) is 7.11 Å². The minimum atomic E-state index is 0.529. The zero-order valence-corrected chi connectivity index (χ0v) is 6.20. The monoisotopic (exact) mass is 146 g/mol. The summed E-state index contributed by atoms with van der Waals surface area (Å²) in [6, 6.07) is 4.88. The highest BCUT2D eigenvalue weighted by Crippen LogP contribution is 2.08. The number of ether oxygens (including phenoxy) is 1. The molecule has 0 aliphatic heterocycles. The summed E-state index contributed by atoms with van der Waals surface area (Å²) in [6.07, 6.45) is 0.735. The van der Waals surface area contributed by atoms with Crippen LogP contribution in [-0.2, 0) is 0 Å². The molecule has 0 heterocycles. The molecule has 0 aliphatic rings. The van der Waals surface area contributed by atoms with E-state index >= 15 is 0 Å². The molecule has 0 amide bonds. The van der Waals surface area contributed by atoms with E-state index in [1.165, 1.54) is 7.11 Å². The van der Waals surface area contributed by atoms with E-state index in [2.05, 4.69) is 0 Å². The Morgan fingerprint density at radius 3 is 2.73 bits per heavy atom. The number of aldehydes is 1. The molecule has 0 fully saturated rings. The second-order valence-corrected chi connectivity index (χ2v) is 2.16. The van der Waals surface area contributed by atoms with Crippen LogP contribution in [0.2, 0.25) is 0 Å². The van der Waals surface area contributed by atoms with Crippen LogP contribution in [0.3, 0.4) is 0 Å². The van der Waals surface area contributed by atoms with Crippen molar-refractivity contribution in [3.05, 3.63) is 23.8 Å². The van der Waals surface area contributed by atoms with E-state index in [-0.39, 0.29) is 0 Å². The highest BCUT2D eigenvalue weighted by Gasteiger charge is 1.95. The standard InChI is InChI=1S/C8H7BO2/c1-11-8-3-6(5-10)2-7(9)4-8/h2-5H,1H3. The SMILES string of the molecule is [B]c1cc(C=O)cc(OC)c1. The van der Waals surface area contributed by atoms with E-state index in [9.17, 15) is 4.79 Å². The lowest BCUT2D eigenvalue weighted by Gasteiger charge is -2.01.